The number of nitrogens with zero attached hydrogens (tertiary/aromatic N) is 3. The number of amides is 1. The fraction of sp³-hybridized carbons (Fsp3) is 0.0556. The lowest BCUT2D eigenvalue weighted by Gasteiger charge is -2.09. The Morgan fingerprint density at radius 2 is 1.92 bits per heavy atom. The molecule has 1 amide bonds. The Labute approximate surface area is 137 Å². The van der Waals surface area contributed by atoms with Gasteiger partial charge in [-0.1, -0.05) is 30.3 Å². The van der Waals surface area contributed by atoms with Gasteiger partial charge >= 0.3 is 0 Å². The van der Waals surface area contributed by atoms with Crippen LogP contribution < -0.4 is 5.32 Å². The van der Waals surface area contributed by atoms with Gasteiger partial charge < -0.3 is 9.73 Å². The molecule has 0 aliphatic heterocycles. The van der Waals surface area contributed by atoms with Gasteiger partial charge in [-0.2, -0.15) is 5.10 Å². The number of aromatic nitrogens is 3. The molecule has 0 bridgehead atoms. The third-order valence-electron chi connectivity index (χ3n) is 3.87. The second kappa shape index (κ2) is 5.66. The van der Waals surface area contributed by atoms with Crippen LogP contribution in [0.5, 0.6) is 0 Å². The Morgan fingerprint density at radius 3 is 2.71 bits per heavy atom. The summed E-state index contributed by atoms with van der Waals surface area (Å²) in [6, 6.07) is 15.0. The smallest absolute Gasteiger partial charge is 0.291 e. The standard InChI is InChI=1S/C18H14N4O2/c1-12-13-6-2-5-9-16(13)24-17(12)18(23)21-14-7-3-4-8-15(14)22-11-19-10-20-22/h2-11H,1H3,(H,21,23). The van der Waals surface area contributed by atoms with Gasteiger partial charge in [0.15, 0.2) is 5.76 Å². The zero-order valence-electron chi connectivity index (χ0n) is 12.9. The van der Waals surface area contributed by atoms with Gasteiger partial charge in [0.2, 0.25) is 0 Å². The molecule has 1 N–H and O–H groups in total. The van der Waals surface area contributed by atoms with Crippen molar-refractivity contribution in [2.75, 3.05) is 5.32 Å². The Bertz CT molecular complexity index is 1020. The Kier molecular flexibility index (Phi) is 3.35. The molecule has 0 aliphatic carbocycles. The number of aryl methyl sites for hydroxylation is 1. The number of carbonyl (C=O) groups is 1. The minimum atomic E-state index is -0.295. The minimum Gasteiger partial charge on any atom is -0.451 e. The summed E-state index contributed by atoms with van der Waals surface area (Å²) in [5, 5.41) is 7.94. The van der Waals surface area contributed by atoms with E-state index in [0.29, 0.717) is 17.0 Å². The van der Waals surface area contributed by atoms with Crippen molar-refractivity contribution < 1.29 is 9.21 Å². The van der Waals surface area contributed by atoms with E-state index >= 15 is 0 Å². The van der Waals surface area contributed by atoms with E-state index in [4.69, 9.17) is 4.42 Å². The van der Waals surface area contributed by atoms with Crippen LogP contribution in [0.4, 0.5) is 5.69 Å². The van der Waals surface area contributed by atoms with Crippen molar-refractivity contribution in [3.63, 3.8) is 0 Å². The number of carbonyl (C=O) groups excluding carboxylic acids is 1. The first-order chi connectivity index (χ1) is 11.7. The van der Waals surface area contributed by atoms with Crippen molar-refractivity contribution in [1.29, 1.82) is 0 Å². The lowest BCUT2D eigenvalue weighted by atomic mass is 10.1. The predicted molar refractivity (Wildman–Crippen MR) is 90.3 cm³/mol. The molecule has 0 saturated carbocycles. The van der Waals surface area contributed by atoms with Gasteiger partial charge in [0, 0.05) is 10.9 Å². The van der Waals surface area contributed by atoms with E-state index < -0.39 is 0 Å². The van der Waals surface area contributed by atoms with Gasteiger partial charge in [-0.25, -0.2) is 9.67 Å². The van der Waals surface area contributed by atoms with E-state index in [-0.39, 0.29) is 5.91 Å². The maximum atomic E-state index is 12.7. The van der Waals surface area contributed by atoms with Crippen LogP contribution in [0.2, 0.25) is 0 Å². The Hall–Kier alpha value is -3.41. The number of para-hydroxylation sites is 3. The fourth-order valence-electron chi connectivity index (χ4n) is 2.68. The van der Waals surface area contributed by atoms with Crippen LogP contribution in [0.15, 0.2) is 65.6 Å². The molecule has 0 spiro atoms. The van der Waals surface area contributed by atoms with Gasteiger partial charge in [-0.05, 0) is 25.1 Å². The second-order valence-corrected chi connectivity index (χ2v) is 5.36. The van der Waals surface area contributed by atoms with E-state index in [1.54, 1.807) is 11.0 Å². The van der Waals surface area contributed by atoms with E-state index in [1.165, 1.54) is 6.33 Å². The molecule has 24 heavy (non-hydrogen) atoms. The highest BCUT2D eigenvalue weighted by atomic mass is 16.3. The number of rotatable bonds is 3. The van der Waals surface area contributed by atoms with E-state index in [2.05, 4.69) is 15.4 Å². The first-order valence-electron chi connectivity index (χ1n) is 7.47. The number of anilines is 1. The molecule has 0 saturated heterocycles. The molecule has 6 nitrogen and oxygen atoms in total. The van der Waals surface area contributed by atoms with Crippen molar-refractivity contribution in [2.24, 2.45) is 0 Å². The number of nitrogens with one attached hydrogen (secondary N) is 1. The lowest BCUT2D eigenvalue weighted by molar-refractivity contribution is 0.0998. The highest BCUT2D eigenvalue weighted by Gasteiger charge is 2.18. The van der Waals surface area contributed by atoms with Crippen molar-refractivity contribution in [1.82, 2.24) is 14.8 Å². The van der Waals surface area contributed by atoms with Crippen LogP contribution in [-0.2, 0) is 0 Å². The summed E-state index contributed by atoms with van der Waals surface area (Å²) in [5.41, 5.74) is 2.89. The molecule has 0 radical (unpaired) electrons. The van der Waals surface area contributed by atoms with Gasteiger partial charge in [-0.3, -0.25) is 4.79 Å². The molecule has 4 aromatic rings. The molecule has 4 rings (SSSR count). The van der Waals surface area contributed by atoms with Crippen molar-refractivity contribution in [2.45, 2.75) is 6.92 Å². The molecular formula is C18H14N4O2. The van der Waals surface area contributed by atoms with Gasteiger partial charge in [0.25, 0.3) is 5.91 Å². The summed E-state index contributed by atoms with van der Waals surface area (Å²) >= 11 is 0. The third-order valence-corrected chi connectivity index (χ3v) is 3.87. The zero-order valence-corrected chi connectivity index (χ0v) is 12.9. The first kappa shape index (κ1) is 14.2. The van der Waals surface area contributed by atoms with Crippen LogP contribution >= 0.6 is 0 Å². The molecule has 0 atom stereocenters. The average molecular weight is 318 g/mol. The minimum absolute atomic E-state index is 0.295. The summed E-state index contributed by atoms with van der Waals surface area (Å²) in [6.45, 7) is 1.88. The molecular weight excluding hydrogens is 304 g/mol. The molecule has 2 heterocycles. The van der Waals surface area contributed by atoms with Crippen LogP contribution in [0.25, 0.3) is 16.7 Å². The molecule has 0 fully saturated rings. The van der Waals surface area contributed by atoms with Gasteiger partial charge in [0.05, 0.1) is 11.4 Å². The quantitative estimate of drug-likeness (QED) is 0.626. The number of benzene rings is 2. The SMILES string of the molecule is Cc1c(C(=O)Nc2ccccc2-n2cncn2)oc2ccccc12. The highest BCUT2D eigenvalue weighted by Crippen LogP contribution is 2.26. The van der Waals surface area contributed by atoms with Crippen molar-refractivity contribution >= 4 is 22.6 Å². The monoisotopic (exact) mass is 318 g/mol. The topological polar surface area (TPSA) is 73.0 Å². The van der Waals surface area contributed by atoms with Crippen LogP contribution in [0.1, 0.15) is 16.1 Å². The van der Waals surface area contributed by atoms with E-state index in [0.717, 1.165) is 16.6 Å². The number of fused-ring (bicyclic) bond motifs is 1. The van der Waals surface area contributed by atoms with Crippen LogP contribution in [-0.4, -0.2) is 20.7 Å². The Balaban J connectivity index is 1.71. The number of hydrogen-bond donors (Lipinski definition) is 1. The number of hydrogen-bond acceptors (Lipinski definition) is 4. The summed E-state index contributed by atoms with van der Waals surface area (Å²) in [4.78, 5) is 16.6. The van der Waals surface area contributed by atoms with Crippen molar-refractivity contribution in [3.05, 3.63) is 72.5 Å². The largest absolute Gasteiger partial charge is 0.451 e. The molecule has 0 unspecified atom stereocenters. The molecule has 0 aliphatic rings. The highest BCUT2D eigenvalue weighted by molar-refractivity contribution is 6.07. The average Bonchev–Trinajstić information content (AvgIpc) is 3.24. The fourth-order valence-corrected chi connectivity index (χ4v) is 2.68. The number of furan rings is 1. The normalized spacial score (nSPS) is 10.9. The second-order valence-electron chi connectivity index (χ2n) is 5.36. The molecule has 6 heteroatoms. The zero-order chi connectivity index (χ0) is 16.5. The van der Waals surface area contributed by atoms with Crippen LogP contribution in [0, 0.1) is 6.92 Å². The van der Waals surface area contributed by atoms with Crippen LogP contribution in [0.3, 0.4) is 0 Å². The van der Waals surface area contributed by atoms with Crippen molar-refractivity contribution in [3.8, 4) is 5.69 Å². The molecule has 2 aromatic heterocycles. The summed E-state index contributed by atoms with van der Waals surface area (Å²) in [7, 11) is 0. The van der Waals surface area contributed by atoms with Gasteiger partial charge in [0.1, 0.15) is 18.2 Å². The Morgan fingerprint density at radius 1 is 1.12 bits per heavy atom. The molecule has 118 valence electrons. The summed E-state index contributed by atoms with van der Waals surface area (Å²) in [5.74, 6) is 0.0147. The predicted octanol–water partition coefficient (Wildman–Crippen LogP) is 3.57. The maximum Gasteiger partial charge on any atom is 0.291 e. The summed E-state index contributed by atoms with van der Waals surface area (Å²) < 4.78 is 7.31. The third kappa shape index (κ3) is 2.34. The van der Waals surface area contributed by atoms with E-state index in [9.17, 15) is 4.79 Å². The van der Waals surface area contributed by atoms with Gasteiger partial charge in [-0.15, -0.1) is 0 Å². The lowest BCUT2D eigenvalue weighted by Crippen LogP contribution is -2.14. The first-order valence-corrected chi connectivity index (χ1v) is 7.47. The van der Waals surface area contributed by atoms with E-state index in [1.807, 2.05) is 55.5 Å². The maximum absolute atomic E-state index is 12.7. The molecule has 2 aromatic carbocycles. The summed E-state index contributed by atoms with van der Waals surface area (Å²) in [6.07, 6.45) is 3.03.